The molecule has 0 atom stereocenters. The molecule has 0 aliphatic heterocycles. The Balaban J connectivity index is 2.46. The Hall–Kier alpha value is -2.14. The Morgan fingerprint density at radius 3 is 2.56 bits per heavy atom. The first-order valence-corrected chi connectivity index (χ1v) is 5.61. The van der Waals surface area contributed by atoms with Crippen LogP contribution in [0.2, 0.25) is 0 Å². The molecule has 2 rings (SSSR count). The fourth-order valence-electron chi connectivity index (χ4n) is 1.70. The number of aryl methyl sites for hydroxylation is 1. The predicted octanol–water partition coefficient (Wildman–Crippen LogP) is 1.58. The number of phenolic OH excluding ortho intramolecular Hbond substituents is 2. The van der Waals surface area contributed by atoms with E-state index >= 15 is 0 Å². The molecule has 5 nitrogen and oxygen atoms in total. The number of hydrogen-bond acceptors (Lipinski definition) is 5. The highest BCUT2D eigenvalue weighted by Crippen LogP contribution is 2.29. The summed E-state index contributed by atoms with van der Waals surface area (Å²) in [5.74, 6) is 0.213. The van der Waals surface area contributed by atoms with Gasteiger partial charge in [0.25, 0.3) is 0 Å². The van der Waals surface area contributed by atoms with Gasteiger partial charge in [0.15, 0.2) is 17.3 Å². The van der Waals surface area contributed by atoms with Crippen LogP contribution in [-0.2, 0) is 6.54 Å². The van der Waals surface area contributed by atoms with E-state index in [0.29, 0.717) is 17.9 Å². The van der Waals surface area contributed by atoms with Gasteiger partial charge in [0.05, 0.1) is 5.69 Å². The van der Waals surface area contributed by atoms with Crippen molar-refractivity contribution in [1.82, 2.24) is 15.3 Å². The monoisotopic (exact) mass is 245 g/mol. The van der Waals surface area contributed by atoms with Crippen molar-refractivity contribution in [1.29, 1.82) is 0 Å². The summed E-state index contributed by atoms with van der Waals surface area (Å²) >= 11 is 0. The minimum atomic E-state index is -0.173. The van der Waals surface area contributed by atoms with Gasteiger partial charge in [0.1, 0.15) is 0 Å². The smallest absolute Gasteiger partial charge is 0.159 e. The van der Waals surface area contributed by atoms with E-state index in [-0.39, 0.29) is 11.5 Å². The van der Waals surface area contributed by atoms with Gasteiger partial charge in [-0.05, 0) is 38.2 Å². The van der Waals surface area contributed by atoms with Crippen molar-refractivity contribution in [2.24, 2.45) is 0 Å². The van der Waals surface area contributed by atoms with Gasteiger partial charge in [0, 0.05) is 17.8 Å². The van der Waals surface area contributed by atoms with Crippen LogP contribution in [0.1, 0.15) is 11.4 Å². The molecule has 5 heteroatoms. The molecule has 94 valence electrons. The highest BCUT2D eigenvalue weighted by molar-refractivity contribution is 5.60. The molecule has 0 saturated carbocycles. The first-order chi connectivity index (χ1) is 8.60. The van der Waals surface area contributed by atoms with E-state index in [1.54, 1.807) is 6.07 Å². The number of rotatable bonds is 3. The Labute approximate surface area is 105 Å². The number of aromatic hydroxyl groups is 2. The van der Waals surface area contributed by atoms with Crippen LogP contribution in [0.25, 0.3) is 11.4 Å². The Kier molecular flexibility index (Phi) is 3.43. The number of aromatic nitrogens is 2. The Bertz CT molecular complexity index is 570. The summed E-state index contributed by atoms with van der Waals surface area (Å²) in [6.07, 6.45) is 0. The average Bonchev–Trinajstić information content (AvgIpc) is 2.32. The summed E-state index contributed by atoms with van der Waals surface area (Å²) in [5, 5.41) is 21.8. The van der Waals surface area contributed by atoms with Gasteiger partial charge in [-0.2, -0.15) is 0 Å². The van der Waals surface area contributed by atoms with Crippen molar-refractivity contribution in [3.8, 4) is 22.9 Å². The summed E-state index contributed by atoms with van der Waals surface area (Å²) in [6, 6.07) is 6.45. The molecule has 1 aromatic carbocycles. The van der Waals surface area contributed by atoms with E-state index in [9.17, 15) is 10.2 Å². The second-order valence-corrected chi connectivity index (χ2v) is 4.06. The summed E-state index contributed by atoms with van der Waals surface area (Å²) in [6.45, 7) is 2.55. The van der Waals surface area contributed by atoms with E-state index in [1.807, 2.05) is 20.0 Å². The van der Waals surface area contributed by atoms with Crippen LogP contribution in [0.15, 0.2) is 24.3 Å². The van der Waals surface area contributed by atoms with Gasteiger partial charge in [-0.25, -0.2) is 9.97 Å². The van der Waals surface area contributed by atoms with Crippen LogP contribution in [-0.4, -0.2) is 27.2 Å². The quantitative estimate of drug-likeness (QED) is 0.716. The van der Waals surface area contributed by atoms with Gasteiger partial charge in [-0.1, -0.05) is 0 Å². The average molecular weight is 245 g/mol. The molecule has 0 amide bonds. The van der Waals surface area contributed by atoms with Crippen LogP contribution < -0.4 is 5.32 Å². The van der Waals surface area contributed by atoms with E-state index in [4.69, 9.17) is 0 Å². The van der Waals surface area contributed by atoms with Crippen LogP contribution in [0, 0.1) is 6.92 Å². The molecule has 2 aromatic rings. The minimum absolute atomic E-state index is 0.151. The van der Waals surface area contributed by atoms with E-state index < -0.39 is 0 Å². The molecule has 0 spiro atoms. The summed E-state index contributed by atoms with van der Waals surface area (Å²) in [5.41, 5.74) is 2.41. The van der Waals surface area contributed by atoms with Gasteiger partial charge in [0.2, 0.25) is 0 Å². The molecule has 0 unspecified atom stereocenters. The summed E-state index contributed by atoms with van der Waals surface area (Å²) < 4.78 is 0. The third-order valence-electron chi connectivity index (χ3n) is 2.50. The Morgan fingerprint density at radius 1 is 1.11 bits per heavy atom. The second kappa shape index (κ2) is 5.01. The lowest BCUT2D eigenvalue weighted by molar-refractivity contribution is 0.404. The molecule has 0 saturated heterocycles. The maximum Gasteiger partial charge on any atom is 0.159 e. The van der Waals surface area contributed by atoms with Gasteiger partial charge >= 0.3 is 0 Å². The number of phenols is 2. The molecule has 3 N–H and O–H groups in total. The van der Waals surface area contributed by atoms with Crippen LogP contribution in [0.3, 0.4) is 0 Å². The van der Waals surface area contributed by atoms with E-state index in [1.165, 1.54) is 12.1 Å². The molecule has 1 aromatic heterocycles. The van der Waals surface area contributed by atoms with Crippen LogP contribution in [0.5, 0.6) is 11.5 Å². The first-order valence-electron chi connectivity index (χ1n) is 5.61. The van der Waals surface area contributed by atoms with E-state index in [2.05, 4.69) is 15.3 Å². The zero-order valence-electron chi connectivity index (χ0n) is 10.3. The third-order valence-corrected chi connectivity index (χ3v) is 2.50. The summed E-state index contributed by atoms with van der Waals surface area (Å²) in [4.78, 5) is 8.72. The van der Waals surface area contributed by atoms with E-state index in [0.717, 1.165) is 11.4 Å². The van der Waals surface area contributed by atoms with Crippen molar-refractivity contribution in [3.05, 3.63) is 35.7 Å². The molecule has 0 aliphatic carbocycles. The zero-order chi connectivity index (χ0) is 13.1. The Morgan fingerprint density at radius 2 is 1.89 bits per heavy atom. The van der Waals surface area contributed by atoms with Crippen molar-refractivity contribution >= 4 is 0 Å². The fraction of sp³-hybridized carbons (Fsp3) is 0.231. The van der Waals surface area contributed by atoms with Crippen molar-refractivity contribution < 1.29 is 10.2 Å². The molecule has 1 heterocycles. The fourth-order valence-corrected chi connectivity index (χ4v) is 1.70. The molecular formula is C13H15N3O2. The maximum atomic E-state index is 9.49. The van der Waals surface area contributed by atoms with Gasteiger partial charge in [-0.3, -0.25) is 0 Å². The first kappa shape index (κ1) is 12.3. The van der Waals surface area contributed by atoms with Crippen molar-refractivity contribution in [2.75, 3.05) is 7.05 Å². The highest BCUT2D eigenvalue weighted by Gasteiger charge is 2.07. The predicted molar refractivity (Wildman–Crippen MR) is 68.3 cm³/mol. The number of benzene rings is 1. The van der Waals surface area contributed by atoms with Crippen LogP contribution in [0.4, 0.5) is 0 Å². The second-order valence-electron chi connectivity index (χ2n) is 4.06. The number of nitrogens with one attached hydrogen (secondary N) is 1. The largest absolute Gasteiger partial charge is 0.504 e. The van der Waals surface area contributed by atoms with Gasteiger partial charge in [-0.15, -0.1) is 0 Å². The lowest BCUT2D eigenvalue weighted by atomic mass is 10.2. The zero-order valence-corrected chi connectivity index (χ0v) is 10.3. The maximum absolute atomic E-state index is 9.49. The van der Waals surface area contributed by atoms with Gasteiger partial charge < -0.3 is 15.5 Å². The normalized spacial score (nSPS) is 10.6. The number of hydrogen-bond donors (Lipinski definition) is 3. The number of nitrogens with zero attached hydrogens (tertiary/aromatic N) is 2. The molecule has 18 heavy (non-hydrogen) atoms. The minimum Gasteiger partial charge on any atom is -0.504 e. The highest BCUT2D eigenvalue weighted by atomic mass is 16.3. The molecular weight excluding hydrogens is 230 g/mol. The molecule has 0 bridgehead atoms. The lowest BCUT2D eigenvalue weighted by Gasteiger charge is -2.06. The molecule has 0 aliphatic rings. The molecule has 0 fully saturated rings. The lowest BCUT2D eigenvalue weighted by Crippen LogP contribution is -2.08. The van der Waals surface area contributed by atoms with Crippen molar-refractivity contribution in [2.45, 2.75) is 13.5 Å². The van der Waals surface area contributed by atoms with Crippen LogP contribution >= 0.6 is 0 Å². The van der Waals surface area contributed by atoms with Crippen molar-refractivity contribution in [3.63, 3.8) is 0 Å². The summed E-state index contributed by atoms with van der Waals surface area (Å²) in [7, 11) is 1.85. The standard InChI is InChI=1S/C13H15N3O2/c1-8-5-10(7-14-2)16-13(15-8)9-3-4-11(17)12(18)6-9/h3-6,14,17-18H,7H2,1-2H3. The topological polar surface area (TPSA) is 78.3 Å². The molecule has 0 radical (unpaired) electrons. The third kappa shape index (κ3) is 2.57. The SMILES string of the molecule is CNCc1cc(C)nc(-c2ccc(O)c(O)c2)n1.